The molecule has 4 heteroatoms. The molecule has 0 spiro atoms. The lowest BCUT2D eigenvalue weighted by atomic mass is 10.1. The van der Waals surface area contributed by atoms with Gasteiger partial charge in [-0.05, 0) is 47.7 Å². The van der Waals surface area contributed by atoms with Gasteiger partial charge in [0.15, 0.2) is 8.32 Å². The molecule has 0 bridgehead atoms. The highest BCUT2D eigenvalue weighted by atomic mass is 28.4. The van der Waals surface area contributed by atoms with E-state index in [9.17, 15) is 13.6 Å². The van der Waals surface area contributed by atoms with Gasteiger partial charge in [-0.3, -0.25) is 0 Å². The maximum Gasteiger partial charge on any atom is 0.193 e. The Bertz CT molecular complexity index is 418. The summed E-state index contributed by atoms with van der Waals surface area (Å²) < 4.78 is 26.1. The second kappa shape index (κ2) is 8.04. The summed E-state index contributed by atoms with van der Waals surface area (Å²) in [4.78, 5) is 10.8. The summed E-state index contributed by atoms with van der Waals surface area (Å²) in [7, 11) is -2.17. The molecule has 1 aromatic rings. The van der Waals surface area contributed by atoms with Gasteiger partial charge in [-0.1, -0.05) is 40.5 Å². The molecule has 0 heterocycles. The van der Waals surface area contributed by atoms with Crippen LogP contribution >= 0.6 is 0 Å². The number of rotatable bonds is 8. The second-order valence-corrected chi connectivity index (χ2v) is 11.4. The Hall–Kier alpha value is -0.743. The summed E-state index contributed by atoms with van der Waals surface area (Å²) in [6.07, 6.45) is 3.59. The van der Waals surface area contributed by atoms with Crippen molar-refractivity contribution in [2.45, 2.75) is 70.5 Å². The van der Waals surface area contributed by atoms with Crippen molar-refractivity contribution in [3.63, 3.8) is 0 Å². The van der Waals surface area contributed by atoms with Crippen molar-refractivity contribution in [1.82, 2.24) is 0 Å². The van der Waals surface area contributed by atoms with Crippen LogP contribution in [0.5, 0.6) is 0 Å². The zero-order valence-corrected chi connectivity index (χ0v) is 14.6. The van der Waals surface area contributed by atoms with Crippen molar-refractivity contribution >= 4 is 8.32 Å². The number of halogens is 2. The lowest BCUT2D eigenvalue weighted by molar-refractivity contribution is 0.483. The highest BCUT2D eigenvalue weighted by molar-refractivity contribution is 6.75. The first-order valence-corrected chi connectivity index (χ1v) is 10.2. The van der Waals surface area contributed by atoms with E-state index in [4.69, 9.17) is 0 Å². The minimum absolute atomic E-state index is 0.370. The van der Waals surface area contributed by atoms with Crippen LogP contribution in [0.3, 0.4) is 0 Å². The van der Waals surface area contributed by atoms with Gasteiger partial charge in [-0.2, -0.15) is 0 Å². The molecule has 0 saturated heterocycles. The van der Waals surface area contributed by atoms with Crippen molar-refractivity contribution in [3.05, 3.63) is 35.4 Å². The molecule has 1 rings (SSSR count). The van der Waals surface area contributed by atoms with Gasteiger partial charge in [-0.15, -0.1) is 0 Å². The molecule has 0 amide bonds. The molecule has 0 radical (unpaired) electrons. The predicted octanol–water partition coefficient (Wildman–Crippen LogP) is 5.44. The summed E-state index contributed by atoms with van der Waals surface area (Å²) in [5, 5.41) is 0. The van der Waals surface area contributed by atoms with E-state index in [1.807, 2.05) is 0 Å². The quantitative estimate of drug-likeness (QED) is 0.500. The molecule has 120 valence electrons. The third-order valence-corrected chi connectivity index (χ3v) is 9.62. The minimum Gasteiger partial charge on any atom is -0.431 e. The standard InChI is InChI=1S/C17H28F2OSi/c1-13(2)21(20,14(3)4)9-7-5-6-8-15-10-16(18)12-17(19)11-15/h10-14,20H,5-9H2,1-4H3. The monoisotopic (exact) mass is 314 g/mol. The van der Waals surface area contributed by atoms with Crippen LogP contribution < -0.4 is 0 Å². The van der Waals surface area contributed by atoms with E-state index >= 15 is 0 Å². The molecule has 0 aliphatic carbocycles. The summed E-state index contributed by atoms with van der Waals surface area (Å²) in [5.41, 5.74) is 1.46. The van der Waals surface area contributed by atoms with E-state index in [-0.39, 0.29) is 0 Å². The third-order valence-electron chi connectivity index (χ3n) is 4.46. The van der Waals surface area contributed by atoms with Crippen LogP contribution in [-0.2, 0) is 6.42 Å². The lowest BCUT2D eigenvalue weighted by Crippen LogP contribution is -2.41. The Morgan fingerprint density at radius 1 is 0.905 bits per heavy atom. The van der Waals surface area contributed by atoms with E-state index in [1.165, 1.54) is 12.1 Å². The summed E-state index contributed by atoms with van der Waals surface area (Å²) in [6, 6.07) is 4.62. The van der Waals surface area contributed by atoms with Crippen LogP contribution in [0.25, 0.3) is 0 Å². The molecule has 0 aliphatic heterocycles. The number of unbranched alkanes of at least 4 members (excludes halogenated alkanes) is 2. The van der Waals surface area contributed by atoms with Crippen LogP contribution in [0.1, 0.15) is 52.5 Å². The first-order valence-electron chi connectivity index (χ1n) is 7.93. The van der Waals surface area contributed by atoms with Gasteiger partial charge >= 0.3 is 0 Å². The van der Waals surface area contributed by atoms with Crippen LogP contribution in [0.2, 0.25) is 17.1 Å². The number of hydrogen-bond acceptors (Lipinski definition) is 1. The predicted molar refractivity (Wildman–Crippen MR) is 86.9 cm³/mol. The molecule has 1 aromatic carbocycles. The van der Waals surface area contributed by atoms with Gasteiger partial charge in [0.05, 0.1) is 0 Å². The van der Waals surface area contributed by atoms with Crippen molar-refractivity contribution in [3.8, 4) is 0 Å². The summed E-state index contributed by atoms with van der Waals surface area (Å²) in [6.45, 7) is 8.45. The highest BCUT2D eigenvalue weighted by Crippen LogP contribution is 2.34. The SMILES string of the molecule is CC(C)[Si](O)(CCCCCc1cc(F)cc(F)c1)C(C)C. The summed E-state index contributed by atoms with van der Waals surface area (Å²) >= 11 is 0. The van der Waals surface area contributed by atoms with E-state index in [0.29, 0.717) is 23.1 Å². The molecule has 0 aromatic heterocycles. The largest absolute Gasteiger partial charge is 0.431 e. The average Bonchev–Trinajstić information content (AvgIpc) is 2.36. The molecule has 1 N–H and O–H groups in total. The van der Waals surface area contributed by atoms with Gasteiger partial charge in [-0.25, -0.2) is 8.78 Å². The molecule has 21 heavy (non-hydrogen) atoms. The van der Waals surface area contributed by atoms with E-state index in [1.54, 1.807) is 0 Å². The van der Waals surface area contributed by atoms with Gasteiger partial charge in [0.25, 0.3) is 0 Å². The van der Waals surface area contributed by atoms with Crippen LogP contribution in [0.15, 0.2) is 18.2 Å². The fraction of sp³-hybridized carbons (Fsp3) is 0.647. The maximum atomic E-state index is 13.1. The van der Waals surface area contributed by atoms with Crippen LogP contribution in [0, 0.1) is 11.6 Å². The Labute approximate surface area is 128 Å². The molecule has 0 unspecified atom stereocenters. The normalized spacial score (nSPS) is 12.4. The van der Waals surface area contributed by atoms with Gasteiger partial charge < -0.3 is 4.80 Å². The first kappa shape index (κ1) is 18.3. The van der Waals surface area contributed by atoms with E-state index in [0.717, 1.165) is 31.4 Å². The number of benzene rings is 1. The maximum absolute atomic E-state index is 13.1. The fourth-order valence-electron chi connectivity index (χ4n) is 2.91. The zero-order valence-electron chi connectivity index (χ0n) is 13.6. The van der Waals surface area contributed by atoms with Crippen molar-refractivity contribution in [2.24, 2.45) is 0 Å². The Morgan fingerprint density at radius 3 is 1.90 bits per heavy atom. The second-order valence-electron chi connectivity index (χ2n) is 6.64. The minimum atomic E-state index is -2.17. The Balaban J connectivity index is 2.37. The molecular weight excluding hydrogens is 286 g/mol. The smallest absolute Gasteiger partial charge is 0.193 e. The van der Waals surface area contributed by atoms with E-state index < -0.39 is 20.0 Å². The third kappa shape index (κ3) is 5.51. The topological polar surface area (TPSA) is 20.2 Å². The fourth-order valence-corrected chi connectivity index (χ4v) is 6.22. The molecule has 0 saturated carbocycles. The van der Waals surface area contributed by atoms with Crippen LogP contribution in [-0.4, -0.2) is 13.1 Å². The highest BCUT2D eigenvalue weighted by Gasteiger charge is 2.37. The molecular formula is C17H28F2OSi. The molecule has 1 nitrogen and oxygen atoms in total. The lowest BCUT2D eigenvalue weighted by Gasteiger charge is -2.33. The molecule has 0 aliphatic rings. The van der Waals surface area contributed by atoms with Crippen molar-refractivity contribution < 1.29 is 13.6 Å². The van der Waals surface area contributed by atoms with Crippen LogP contribution in [0.4, 0.5) is 8.78 Å². The molecule has 0 atom stereocenters. The van der Waals surface area contributed by atoms with Gasteiger partial charge in [0.2, 0.25) is 0 Å². The molecule has 0 fully saturated rings. The van der Waals surface area contributed by atoms with Gasteiger partial charge in [0, 0.05) is 6.07 Å². The van der Waals surface area contributed by atoms with Crippen molar-refractivity contribution in [2.75, 3.05) is 0 Å². The average molecular weight is 314 g/mol. The Kier molecular flexibility index (Phi) is 7.01. The first-order chi connectivity index (χ1) is 9.75. The number of hydrogen-bond donors (Lipinski definition) is 1. The van der Waals surface area contributed by atoms with Crippen molar-refractivity contribution in [1.29, 1.82) is 0 Å². The Morgan fingerprint density at radius 2 is 1.43 bits per heavy atom. The summed E-state index contributed by atoms with van der Waals surface area (Å²) in [5.74, 6) is -1.02. The van der Waals surface area contributed by atoms with Gasteiger partial charge in [0.1, 0.15) is 11.6 Å². The number of aryl methyl sites for hydroxylation is 1. The zero-order chi connectivity index (χ0) is 16.0. The van der Waals surface area contributed by atoms with E-state index in [2.05, 4.69) is 27.7 Å².